The van der Waals surface area contributed by atoms with Crippen LogP contribution in [0, 0.1) is 18.3 Å². The van der Waals surface area contributed by atoms with E-state index in [1.54, 1.807) is 6.92 Å². The molecule has 0 aliphatic heterocycles. The Hall–Kier alpha value is -2.68. The smallest absolute Gasteiger partial charge is 0.328 e. The number of nitriles is 1. The van der Waals surface area contributed by atoms with Crippen LogP contribution < -0.4 is 5.32 Å². The molecule has 2 N–H and O–H groups in total. The molecule has 1 rings (SSSR count). The number of rotatable bonds is 4. The standard InChI is InChI=1S/C12H11N3O3/c1-8-9(7-13)4-5-10(15-8)12(18)14-6-2-3-11(16)17/h2-5H,6H2,1H3,(H,14,18)(H,16,17)/b3-2+. The van der Waals surface area contributed by atoms with Crippen LogP contribution in [0.1, 0.15) is 21.7 Å². The second kappa shape index (κ2) is 6.15. The number of nitrogens with one attached hydrogen (secondary N) is 1. The summed E-state index contributed by atoms with van der Waals surface area (Å²) in [5.41, 5.74) is 1.08. The van der Waals surface area contributed by atoms with Crippen LogP contribution in [0.3, 0.4) is 0 Å². The average molecular weight is 245 g/mol. The SMILES string of the molecule is Cc1nc(C(=O)NC/C=C/C(=O)O)ccc1C#N. The number of pyridine rings is 1. The van der Waals surface area contributed by atoms with E-state index in [1.807, 2.05) is 6.07 Å². The maximum Gasteiger partial charge on any atom is 0.328 e. The number of carbonyl (C=O) groups excluding carboxylic acids is 1. The number of aryl methyl sites for hydroxylation is 1. The van der Waals surface area contributed by atoms with Gasteiger partial charge in [-0.25, -0.2) is 9.78 Å². The third-order valence-corrected chi connectivity index (χ3v) is 2.08. The number of carboxylic acids is 1. The van der Waals surface area contributed by atoms with Gasteiger partial charge >= 0.3 is 5.97 Å². The second-order valence-corrected chi connectivity index (χ2v) is 3.39. The summed E-state index contributed by atoms with van der Waals surface area (Å²) >= 11 is 0. The van der Waals surface area contributed by atoms with Gasteiger partial charge in [-0.05, 0) is 19.1 Å². The third kappa shape index (κ3) is 3.72. The van der Waals surface area contributed by atoms with E-state index in [2.05, 4.69) is 10.3 Å². The van der Waals surface area contributed by atoms with Gasteiger partial charge in [-0.15, -0.1) is 0 Å². The summed E-state index contributed by atoms with van der Waals surface area (Å²) in [4.78, 5) is 25.8. The lowest BCUT2D eigenvalue weighted by Crippen LogP contribution is -2.24. The Kier molecular flexibility index (Phi) is 4.58. The van der Waals surface area contributed by atoms with E-state index in [1.165, 1.54) is 18.2 Å². The Balaban J connectivity index is 2.65. The van der Waals surface area contributed by atoms with Crippen molar-refractivity contribution in [2.24, 2.45) is 0 Å². The summed E-state index contributed by atoms with van der Waals surface area (Å²) in [7, 11) is 0. The number of aromatic nitrogens is 1. The number of nitrogens with zero attached hydrogens (tertiary/aromatic N) is 2. The van der Waals surface area contributed by atoms with Gasteiger partial charge in [0.05, 0.1) is 11.3 Å². The fourth-order valence-electron chi connectivity index (χ4n) is 1.21. The number of hydrogen-bond acceptors (Lipinski definition) is 4. The van der Waals surface area contributed by atoms with Gasteiger partial charge in [0.2, 0.25) is 0 Å². The zero-order chi connectivity index (χ0) is 13.5. The maximum absolute atomic E-state index is 11.6. The van der Waals surface area contributed by atoms with Crippen molar-refractivity contribution in [3.05, 3.63) is 41.2 Å². The molecule has 18 heavy (non-hydrogen) atoms. The summed E-state index contributed by atoms with van der Waals surface area (Å²) in [5.74, 6) is -1.49. The molecule has 0 atom stereocenters. The zero-order valence-corrected chi connectivity index (χ0v) is 9.67. The molecule has 0 unspecified atom stereocenters. The first-order valence-corrected chi connectivity index (χ1v) is 5.10. The van der Waals surface area contributed by atoms with Gasteiger partial charge in [-0.2, -0.15) is 5.26 Å². The normalized spacial score (nSPS) is 10.0. The molecular weight excluding hydrogens is 234 g/mol. The quantitative estimate of drug-likeness (QED) is 0.757. The Morgan fingerprint density at radius 3 is 2.83 bits per heavy atom. The lowest BCUT2D eigenvalue weighted by molar-refractivity contribution is -0.131. The van der Waals surface area contributed by atoms with Gasteiger partial charge in [0.1, 0.15) is 11.8 Å². The van der Waals surface area contributed by atoms with Crippen LogP contribution in [0.15, 0.2) is 24.3 Å². The molecular formula is C12H11N3O3. The monoisotopic (exact) mass is 245 g/mol. The molecule has 6 heteroatoms. The van der Waals surface area contributed by atoms with Crippen molar-refractivity contribution in [3.8, 4) is 6.07 Å². The molecule has 0 aromatic carbocycles. The fourth-order valence-corrected chi connectivity index (χ4v) is 1.21. The van der Waals surface area contributed by atoms with Crippen LogP contribution >= 0.6 is 0 Å². The second-order valence-electron chi connectivity index (χ2n) is 3.39. The summed E-state index contributed by atoms with van der Waals surface area (Å²) in [6.07, 6.45) is 2.26. The van der Waals surface area contributed by atoms with E-state index < -0.39 is 11.9 Å². The van der Waals surface area contributed by atoms with Crippen molar-refractivity contribution in [1.29, 1.82) is 5.26 Å². The summed E-state index contributed by atoms with van der Waals surface area (Å²) < 4.78 is 0. The molecule has 0 bridgehead atoms. The number of hydrogen-bond donors (Lipinski definition) is 2. The fraction of sp³-hybridized carbons (Fsp3) is 0.167. The van der Waals surface area contributed by atoms with Crippen molar-refractivity contribution in [1.82, 2.24) is 10.3 Å². The van der Waals surface area contributed by atoms with E-state index in [9.17, 15) is 9.59 Å². The van der Waals surface area contributed by atoms with Crippen molar-refractivity contribution in [2.75, 3.05) is 6.54 Å². The highest BCUT2D eigenvalue weighted by Gasteiger charge is 2.08. The molecule has 0 spiro atoms. The zero-order valence-electron chi connectivity index (χ0n) is 9.67. The molecule has 0 radical (unpaired) electrons. The van der Waals surface area contributed by atoms with E-state index in [4.69, 9.17) is 10.4 Å². The molecule has 1 amide bonds. The van der Waals surface area contributed by atoms with Crippen molar-refractivity contribution < 1.29 is 14.7 Å². The van der Waals surface area contributed by atoms with Crippen LogP contribution in [0.25, 0.3) is 0 Å². The van der Waals surface area contributed by atoms with Gasteiger partial charge < -0.3 is 10.4 Å². The maximum atomic E-state index is 11.6. The average Bonchev–Trinajstić information content (AvgIpc) is 2.34. The molecule has 0 fully saturated rings. The van der Waals surface area contributed by atoms with E-state index in [0.717, 1.165) is 6.08 Å². The number of amides is 1. The molecule has 0 aliphatic carbocycles. The Bertz CT molecular complexity index is 544. The van der Waals surface area contributed by atoms with Crippen molar-refractivity contribution in [3.63, 3.8) is 0 Å². The molecule has 0 aliphatic rings. The summed E-state index contributed by atoms with van der Waals surface area (Å²) in [5, 5.41) is 19.5. The first kappa shape index (κ1) is 13.4. The Labute approximate surface area is 104 Å². The minimum atomic E-state index is -1.07. The van der Waals surface area contributed by atoms with Gasteiger partial charge in [0.15, 0.2) is 0 Å². The van der Waals surface area contributed by atoms with Crippen molar-refractivity contribution in [2.45, 2.75) is 6.92 Å². The van der Waals surface area contributed by atoms with Crippen LogP contribution in [0.2, 0.25) is 0 Å². The summed E-state index contributed by atoms with van der Waals surface area (Å²) in [6, 6.07) is 4.92. The van der Waals surface area contributed by atoms with Gasteiger partial charge in [0.25, 0.3) is 5.91 Å². The summed E-state index contributed by atoms with van der Waals surface area (Å²) in [6.45, 7) is 1.74. The van der Waals surface area contributed by atoms with Gasteiger partial charge in [-0.1, -0.05) is 6.08 Å². The van der Waals surface area contributed by atoms with Crippen LogP contribution in [-0.4, -0.2) is 28.5 Å². The minimum Gasteiger partial charge on any atom is -0.478 e. The number of carbonyl (C=O) groups is 2. The van der Waals surface area contributed by atoms with Crippen molar-refractivity contribution >= 4 is 11.9 Å². The van der Waals surface area contributed by atoms with Crippen LogP contribution in [-0.2, 0) is 4.79 Å². The first-order valence-electron chi connectivity index (χ1n) is 5.10. The number of aliphatic carboxylic acids is 1. The predicted octanol–water partition coefficient (Wildman–Crippen LogP) is 0.632. The number of carboxylic acid groups (broad SMARTS) is 1. The highest BCUT2D eigenvalue weighted by atomic mass is 16.4. The highest BCUT2D eigenvalue weighted by Crippen LogP contribution is 2.05. The van der Waals surface area contributed by atoms with Crippen LogP contribution in [0.5, 0.6) is 0 Å². The molecule has 1 aromatic rings. The lowest BCUT2D eigenvalue weighted by atomic mass is 10.2. The van der Waals surface area contributed by atoms with E-state index >= 15 is 0 Å². The minimum absolute atomic E-state index is 0.103. The molecule has 6 nitrogen and oxygen atoms in total. The lowest BCUT2D eigenvalue weighted by Gasteiger charge is -2.03. The third-order valence-electron chi connectivity index (χ3n) is 2.08. The first-order chi connectivity index (χ1) is 8.54. The molecule has 1 heterocycles. The van der Waals surface area contributed by atoms with E-state index in [-0.39, 0.29) is 12.2 Å². The van der Waals surface area contributed by atoms with E-state index in [0.29, 0.717) is 11.3 Å². The topological polar surface area (TPSA) is 103 Å². The Morgan fingerprint density at radius 1 is 1.56 bits per heavy atom. The highest BCUT2D eigenvalue weighted by molar-refractivity contribution is 5.92. The van der Waals surface area contributed by atoms with Gasteiger partial charge in [0, 0.05) is 12.6 Å². The largest absolute Gasteiger partial charge is 0.478 e. The van der Waals surface area contributed by atoms with Crippen LogP contribution in [0.4, 0.5) is 0 Å². The molecule has 0 saturated heterocycles. The molecule has 92 valence electrons. The molecule has 1 aromatic heterocycles. The predicted molar refractivity (Wildman–Crippen MR) is 62.8 cm³/mol. The Morgan fingerprint density at radius 2 is 2.28 bits per heavy atom. The van der Waals surface area contributed by atoms with Gasteiger partial charge in [-0.3, -0.25) is 4.79 Å². The molecule has 0 saturated carbocycles.